The van der Waals surface area contributed by atoms with E-state index in [1.54, 1.807) is 7.11 Å². The predicted molar refractivity (Wildman–Crippen MR) is 78.9 cm³/mol. The van der Waals surface area contributed by atoms with Crippen molar-refractivity contribution in [2.45, 2.75) is 20.3 Å². The number of nitrogens with zero attached hydrogens (tertiary/aromatic N) is 2. The molecule has 0 saturated heterocycles. The number of hydrogen-bond acceptors (Lipinski definition) is 6. The molecule has 3 N–H and O–H groups in total. The van der Waals surface area contributed by atoms with Crippen LogP contribution in [0.25, 0.3) is 0 Å². The van der Waals surface area contributed by atoms with Crippen LogP contribution in [-0.2, 0) is 9.53 Å². The summed E-state index contributed by atoms with van der Waals surface area (Å²) in [6, 6.07) is 1.85. The molecule has 0 spiro atoms. The third-order valence-electron chi connectivity index (χ3n) is 2.48. The van der Waals surface area contributed by atoms with Gasteiger partial charge in [0.2, 0.25) is 11.9 Å². The maximum absolute atomic E-state index is 11.5. The molecule has 0 atom stereocenters. The predicted octanol–water partition coefficient (Wildman–Crippen LogP) is 0.781. The molecule has 1 aromatic heterocycles. The van der Waals surface area contributed by atoms with Gasteiger partial charge in [-0.05, 0) is 13.8 Å². The Morgan fingerprint density at radius 3 is 2.80 bits per heavy atom. The number of anilines is 2. The lowest BCUT2D eigenvalue weighted by Crippen LogP contribution is -2.28. The van der Waals surface area contributed by atoms with Crippen molar-refractivity contribution >= 4 is 17.7 Å². The smallest absolute Gasteiger partial charge is 0.224 e. The van der Waals surface area contributed by atoms with Crippen molar-refractivity contribution in [2.24, 2.45) is 0 Å². The normalized spacial score (nSPS) is 10.2. The molecule has 0 aromatic carbocycles. The molecule has 0 aliphatic carbocycles. The van der Waals surface area contributed by atoms with E-state index in [1.807, 2.05) is 19.9 Å². The number of ether oxygens (including phenoxy) is 1. The van der Waals surface area contributed by atoms with Crippen LogP contribution in [0.4, 0.5) is 11.8 Å². The third kappa shape index (κ3) is 6.33. The molecule has 0 bridgehead atoms. The van der Waals surface area contributed by atoms with Gasteiger partial charge in [0.25, 0.3) is 0 Å². The highest BCUT2D eigenvalue weighted by Gasteiger charge is 2.03. The van der Waals surface area contributed by atoms with E-state index in [-0.39, 0.29) is 5.91 Å². The lowest BCUT2D eigenvalue weighted by Gasteiger charge is -2.09. The Labute approximate surface area is 119 Å². The minimum Gasteiger partial charge on any atom is -0.383 e. The zero-order valence-electron chi connectivity index (χ0n) is 12.3. The van der Waals surface area contributed by atoms with Crippen molar-refractivity contribution in [3.05, 3.63) is 11.8 Å². The summed E-state index contributed by atoms with van der Waals surface area (Å²) >= 11 is 0. The monoisotopic (exact) mass is 281 g/mol. The first-order valence-corrected chi connectivity index (χ1v) is 6.74. The van der Waals surface area contributed by atoms with Gasteiger partial charge in [0.05, 0.1) is 6.61 Å². The van der Waals surface area contributed by atoms with E-state index in [1.165, 1.54) is 0 Å². The first-order valence-electron chi connectivity index (χ1n) is 6.74. The maximum atomic E-state index is 11.5. The van der Waals surface area contributed by atoms with Crippen molar-refractivity contribution in [1.82, 2.24) is 15.3 Å². The molecule has 0 aliphatic rings. The van der Waals surface area contributed by atoms with Crippen molar-refractivity contribution < 1.29 is 9.53 Å². The maximum Gasteiger partial charge on any atom is 0.224 e. The fourth-order valence-corrected chi connectivity index (χ4v) is 1.58. The minimum atomic E-state index is -0.00719. The van der Waals surface area contributed by atoms with Crippen molar-refractivity contribution in [3.8, 4) is 0 Å². The topological polar surface area (TPSA) is 88.2 Å². The van der Waals surface area contributed by atoms with E-state index in [0.29, 0.717) is 32.1 Å². The van der Waals surface area contributed by atoms with Gasteiger partial charge in [0.1, 0.15) is 5.82 Å². The van der Waals surface area contributed by atoms with Gasteiger partial charge < -0.3 is 20.7 Å². The highest BCUT2D eigenvalue weighted by atomic mass is 16.5. The molecular weight excluding hydrogens is 258 g/mol. The lowest BCUT2D eigenvalue weighted by molar-refractivity contribution is -0.121. The molecule has 1 aromatic rings. The van der Waals surface area contributed by atoms with Gasteiger partial charge in [-0.25, -0.2) is 4.98 Å². The van der Waals surface area contributed by atoms with Gasteiger partial charge in [0.15, 0.2) is 0 Å². The Bertz CT molecular complexity index is 425. The van der Waals surface area contributed by atoms with Crippen LogP contribution < -0.4 is 16.0 Å². The van der Waals surface area contributed by atoms with E-state index in [2.05, 4.69) is 25.9 Å². The summed E-state index contributed by atoms with van der Waals surface area (Å²) in [5, 5.41) is 8.95. The van der Waals surface area contributed by atoms with Crippen molar-refractivity contribution in [2.75, 3.05) is 44.0 Å². The van der Waals surface area contributed by atoms with Gasteiger partial charge >= 0.3 is 0 Å². The Morgan fingerprint density at radius 1 is 1.30 bits per heavy atom. The van der Waals surface area contributed by atoms with E-state index < -0.39 is 0 Å². The second-order valence-electron chi connectivity index (χ2n) is 4.27. The summed E-state index contributed by atoms with van der Waals surface area (Å²) in [6.07, 6.45) is 0.392. The molecule has 1 amide bonds. The molecule has 7 nitrogen and oxygen atoms in total. The Kier molecular flexibility index (Phi) is 7.34. The van der Waals surface area contributed by atoms with Crippen LogP contribution in [0.2, 0.25) is 0 Å². The molecule has 112 valence electrons. The third-order valence-corrected chi connectivity index (χ3v) is 2.48. The average molecular weight is 281 g/mol. The molecule has 0 unspecified atom stereocenters. The molecule has 1 rings (SSSR count). The van der Waals surface area contributed by atoms with Gasteiger partial charge in [0, 0.05) is 44.9 Å². The molecular formula is C13H23N5O2. The SMILES string of the molecule is CCNc1nc(C)cc(NCCC(=O)NCCOC)n1. The molecule has 0 saturated carbocycles. The lowest BCUT2D eigenvalue weighted by atomic mass is 10.3. The molecule has 0 aliphatic heterocycles. The summed E-state index contributed by atoms with van der Waals surface area (Å²) in [4.78, 5) is 20.1. The van der Waals surface area contributed by atoms with Crippen LogP contribution >= 0.6 is 0 Å². The van der Waals surface area contributed by atoms with Gasteiger partial charge in [-0.3, -0.25) is 4.79 Å². The minimum absolute atomic E-state index is 0.00719. The zero-order valence-corrected chi connectivity index (χ0v) is 12.3. The van der Waals surface area contributed by atoms with Crippen LogP contribution in [0.15, 0.2) is 6.07 Å². The van der Waals surface area contributed by atoms with Crippen LogP contribution in [0, 0.1) is 6.92 Å². The first kappa shape index (κ1) is 16.2. The number of amides is 1. The molecule has 0 fully saturated rings. The van der Waals surface area contributed by atoms with Crippen LogP contribution in [0.3, 0.4) is 0 Å². The average Bonchev–Trinajstić information content (AvgIpc) is 2.39. The number of aryl methyl sites for hydroxylation is 1. The summed E-state index contributed by atoms with van der Waals surface area (Å²) < 4.78 is 4.86. The first-order chi connectivity index (χ1) is 9.65. The highest BCUT2D eigenvalue weighted by Crippen LogP contribution is 2.09. The zero-order chi connectivity index (χ0) is 14.8. The van der Waals surface area contributed by atoms with E-state index >= 15 is 0 Å². The van der Waals surface area contributed by atoms with Crippen molar-refractivity contribution in [3.63, 3.8) is 0 Å². The number of aromatic nitrogens is 2. The number of methoxy groups -OCH3 is 1. The summed E-state index contributed by atoms with van der Waals surface area (Å²) in [6.45, 7) is 6.25. The summed E-state index contributed by atoms with van der Waals surface area (Å²) in [7, 11) is 1.60. The Balaban J connectivity index is 2.36. The fraction of sp³-hybridized carbons (Fsp3) is 0.615. The van der Waals surface area contributed by atoms with Gasteiger partial charge in [-0.15, -0.1) is 0 Å². The Morgan fingerprint density at radius 2 is 2.10 bits per heavy atom. The highest BCUT2D eigenvalue weighted by molar-refractivity contribution is 5.76. The van der Waals surface area contributed by atoms with Crippen LogP contribution in [-0.4, -0.2) is 49.2 Å². The number of carbonyl (C=O) groups is 1. The molecule has 7 heteroatoms. The van der Waals surface area contributed by atoms with E-state index in [9.17, 15) is 4.79 Å². The van der Waals surface area contributed by atoms with Crippen molar-refractivity contribution in [1.29, 1.82) is 0 Å². The van der Waals surface area contributed by atoms with Gasteiger partial charge in [-0.2, -0.15) is 4.98 Å². The summed E-state index contributed by atoms with van der Waals surface area (Å²) in [5.74, 6) is 1.31. The molecule has 1 heterocycles. The standard InChI is InChI=1S/C13H23N5O2/c1-4-14-13-17-10(2)9-11(18-13)15-6-5-12(19)16-7-8-20-3/h9H,4-8H2,1-3H3,(H,16,19)(H2,14,15,17,18). The number of carbonyl (C=O) groups excluding carboxylic acids is 1. The number of rotatable bonds is 9. The second kappa shape index (κ2) is 9.08. The Hall–Kier alpha value is -1.89. The fourth-order valence-electron chi connectivity index (χ4n) is 1.58. The molecule has 0 radical (unpaired) electrons. The largest absolute Gasteiger partial charge is 0.383 e. The van der Waals surface area contributed by atoms with Gasteiger partial charge in [-0.1, -0.05) is 0 Å². The molecule has 20 heavy (non-hydrogen) atoms. The van der Waals surface area contributed by atoms with E-state index in [4.69, 9.17) is 4.74 Å². The summed E-state index contributed by atoms with van der Waals surface area (Å²) in [5.41, 5.74) is 0.878. The quantitative estimate of drug-likeness (QED) is 0.580. The number of nitrogens with one attached hydrogen (secondary N) is 3. The van der Waals surface area contributed by atoms with Crippen LogP contribution in [0.5, 0.6) is 0 Å². The number of hydrogen-bond donors (Lipinski definition) is 3. The van der Waals surface area contributed by atoms with E-state index in [0.717, 1.165) is 18.1 Å². The van der Waals surface area contributed by atoms with Crippen LogP contribution in [0.1, 0.15) is 19.0 Å². The second-order valence-corrected chi connectivity index (χ2v) is 4.27.